The molecule has 3 aromatic rings. The predicted molar refractivity (Wildman–Crippen MR) is 105 cm³/mol. The molecule has 2 aromatic carbocycles. The van der Waals surface area contributed by atoms with Crippen LogP contribution in [-0.2, 0) is 14.3 Å². The predicted octanol–water partition coefficient (Wildman–Crippen LogP) is 2.78. The van der Waals surface area contributed by atoms with Crippen molar-refractivity contribution in [3.63, 3.8) is 0 Å². The molecule has 1 aliphatic heterocycles. The highest BCUT2D eigenvalue weighted by molar-refractivity contribution is 7.22. The van der Waals surface area contributed by atoms with Crippen LogP contribution in [-0.4, -0.2) is 36.2 Å². The van der Waals surface area contributed by atoms with Gasteiger partial charge in [0.1, 0.15) is 0 Å². The van der Waals surface area contributed by atoms with E-state index in [2.05, 4.69) is 20.4 Å². The number of anilines is 2. The molecule has 1 aliphatic rings. The van der Waals surface area contributed by atoms with E-state index in [0.29, 0.717) is 33.4 Å². The number of thiazole rings is 1. The van der Waals surface area contributed by atoms with Gasteiger partial charge in [-0.3, -0.25) is 14.9 Å². The fourth-order valence-corrected chi connectivity index (χ4v) is 3.54. The minimum absolute atomic E-state index is 0.118. The Morgan fingerprint density at radius 1 is 1.10 bits per heavy atom. The second kappa shape index (κ2) is 7.76. The van der Waals surface area contributed by atoms with Crippen LogP contribution < -0.4 is 20.1 Å². The Balaban J connectivity index is 1.48. The molecule has 9 nitrogen and oxygen atoms in total. The molecule has 0 bridgehead atoms. The Labute approximate surface area is 168 Å². The number of hydrogen-bond donors (Lipinski definition) is 2. The van der Waals surface area contributed by atoms with Gasteiger partial charge in [0.05, 0.1) is 16.8 Å². The van der Waals surface area contributed by atoms with E-state index >= 15 is 0 Å². The number of carbonyl (C=O) groups excluding carboxylic acids is 3. The molecule has 0 fully saturated rings. The minimum Gasteiger partial charge on any atom is -0.459 e. The number of rotatable bonds is 4. The highest BCUT2D eigenvalue weighted by Crippen LogP contribution is 2.33. The fourth-order valence-electron chi connectivity index (χ4n) is 2.64. The monoisotopic (exact) mass is 413 g/mol. The summed E-state index contributed by atoms with van der Waals surface area (Å²) in [4.78, 5) is 40.0. The van der Waals surface area contributed by atoms with Gasteiger partial charge in [0.15, 0.2) is 16.6 Å². The number of carbonyl (C=O) groups is 3. The molecule has 2 amide bonds. The molecule has 29 heavy (non-hydrogen) atoms. The summed E-state index contributed by atoms with van der Waals surface area (Å²) in [7, 11) is 0. The van der Waals surface area contributed by atoms with Crippen LogP contribution in [0.4, 0.5) is 10.8 Å². The lowest BCUT2D eigenvalue weighted by atomic mass is 10.2. The third-order valence-electron chi connectivity index (χ3n) is 3.96. The normalized spacial score (nSPS) is 11.9. The topological polar surface area (TPSA) is 116 Å². The van der Waals surface area contributed by atoms with E-state index in [1.165, 1.54) is 11.3 Å². The van der Waals surface area contributed by atoms with Crippen LogP contribution in [0.25, 0.3) is 10.2 Å². The Bertz CT molecular complexity index is 1130. The van der Waals surface area contributed by atoms with Crippen molar-refractivity contribution < 1.29 is 28.6 Å². The molecule has 148 valence electrons. The van der Waals surface area contributed by atoms with E-state index in [0.717, 1.165) is 4.70 Å². The third kappa shape index (κ3) is 3.97. The molecule has 0 saturated heterocycles. The van der Waals surface area contributed by atoms with Crippen molar-refractivity contribution >= 4 is 50.2 Å². The molecule has 0 unspecified atom stereocenters. The number of fused-ring (bicyclic) bond motifs is 2. The van der Waals surface area contributed by atoms with Crippen LogP contribution >= 0.6 is 11.3 Å². The maximum absolute atomic E-state index is 12.5. The lowest BCUT2D eigenvalue weighted by Crippen LogP contribution is -2.24. The number of nitrogens with one attached hydrogen (secondary N) is 2. The number of nitrogens with zero attached hydrogens (tertiary/aromatic N) is 1. The van der Waals surface area contributed by atoms with Crippen molar-refractivity contribution in [2.24, 2.45) is 0 Å². The lowest BCUT2D eigenvalue weighted by molar-refractivity contribution is -0.152. The molecule has 2 N–H and O–H groups in total. The van der Waals surface area contributed by atoms with Crippen molar-refractivity contribution in [1.82, 2.24) is 4.98 Å². The number of esters is 1. The van der Waals surface area contributed by atoms with Gasteiger partial charge in [-0.05, 0) is 43.3 Å². The first-order valence-corrected chi connectivity index (χ1v) is 9.45. The Hall–Kier alpha value is -3.66. The van der Waals surface area contributed by atoms with Crippen molar-refractivity contribution in [1.29, 1.82) is 0 Å². The van der Waals surface area contributed by atoms with E-state index in [1.54, 1.807) is 43.3 Å². The molecule has 2 heterocycles. The van der Waals surface area contributed by atoms with E-state index in [4.69, 9.17) is 9.47 Å². The highest BCUT2D eigenvalue weighted by Gasteiger charge is 2.18. The van der Waals surface area contributed by atoms with Gasteiger partial charge in [-0.25, -0.2) is 9.78 Å². The lowest BCUT2D eigenvalue weighted by Gasteiger charge is -2.04. The summed E-state index contributed by atoms with van der Waals surface area (Å²) >= 11 is 1.24. The number of amides is 2. The summed E-state index contributed by atoms with van der Waals surface area (Å²) < 4.78 is 15.9. The van der Waals surface area contributed by atoms with Gasteiger partial charge in [-0.15, -0.1) is 0 Å². The van der Waals surface area contributed by atoms with E-state index in [1.807, 2.05) is 0 Å². The Morgan fingerprint density at radius 2 is 1.93 bits per heavy atom. The van der Waals surface area contributed by atoms with Crippen LogP contribution in [0, 0.1) is 0 Å². The number of hydrogen-bond acceptors (Lipinski definition) is 8. The zero-order valence-electron chi connectivity index (χ0n) is 15.2. The molecule has 0 spiro atoms. The fraction of sp³-hybridized carbons (Fsp3) is 0.158. The summed E-state index contributed by atoms with van der Waals surface area (Å²) in [5.74, 6) is -1.03. The molecular weight excluding hydrogens is 398 g/mol. The molecule has 0 aliphatic carbocycles. The quantitative estimate of drug-likeness (QED) is 0.499. The smallest absolute Gasteiger partial charge is 0.397 e. The van der Waals surface area contributed by atoms with Crippen LogP contribution in [0.5, 0.6) is 11.5 Å². The second-order valence-electron chi connectivity index (χ2n) is 5.90. The number of aromatic nitrogens is 1. The number of benzene rings is 2. The molecule has 10 heteroatoms. The van der Waals surface area contributed by atoms with Gasteiger partial charge < -0.3 is 19.5 Å². The Morgan fingerprint density at radius 3 is 2.76 bits per heavy atom. The molecule has 0 saturated carbocycles. The van der Waals surface area contributed by atoms with Crippen LogP contribution in [0.3, 0.4) is 0 Å². The first kappa shape index (κ1) is 18.7. The molecule has 1 aromatic heterocycles. The summed E-state index contributed by atoms with van der Waals surface area (Å²) in [6.45, 7) is 1.87. The standard InChI is InChI=1S/C19H15N3O6S/c1-2-26-18(25)17(24)20-11-4-5-12-15(8-11)29-19(21-12)22-16(23)10-3-6-13-14(7-10)28-9-27-13/h3-8H,2,9H2,1H3,(H,20,24)(H,21,22,23). The SMILES string of the molecule is CCOC(=O)C(=O)Nc1ccc2nc(NC(=O)c3ccc4c(c3)OCO4)sc2c1. The van der Waals surface area contributed by atoms with Gasteiger partial charge in [-0.1, -0.05) is 11.3 Å². The summed E-state index contributed by atoms with van der Waals surface area (Å²) in [5, 5.41) is 5.61. The van der Waals surface area contributed by atoms with E-state index in [-0.39, 0.29) is 19.3 Å². The largest absolute Gasteiger partial charge is 0.459 e. The van der Waals surface area contributed by atoms with Gasteiger partial charge in [0.25, 0.3) is 5.91 Å². The van der Waals surface area contributed by atoms with Crippen molar-refractivity contribution in [2.45, 2.75) is 6.92 Å². The molecule has 0 radical (unpaired) electrons. The maximum atomic E-state index is 12.5. The van der Waals surface area contributed by atoms with Gasteiger partial charge in [-0.2, -0.15) is 0 Å². The highest BCUT2D eigenvalue weighted by atomic mass is 32.1. The van der Waals surface area contributed by atoms with E-state index in [9.17, 15) is 14.4 Å². The number of ether oxygens (including phenoxy) is 3. The van der Waals surface area contributed by atoms with E-state index < -0.39 is 11.9 Å². The zero-order valence-corrected chi connectivity index (χ0v) is 16.0. The molecule has 0 atom stereocenters. The second-order valence-corrected chi connectivity index (χ2v) is 6.93. The summed E-state index contributed by atoms with van der Waals surface area (Å²) in [6, 6.07) is 9.88. The maximum Gasteiger partial charge on any atom is 0.397 e. The van der Waals surface area contributed by atoms with Gasteiger partial charge in [0, 0.05) is 11.3 Å². The minimum atomic E-state index is -0.950. The first-order valence-electron chi connectivity index (χ1n) is 8.63. The zero-order chi connectivity index (χ0) is 20.4. The average Bonchev–Trinajstić information content (AvgIpc) is 3.33. The van der Waals surface area contributed by atoms with Crippen LogP contribution in [0.1, 0.15) is 17.3 Å². The Kier molecular flexibility index (Phi) is 5.00. The van der Waals surface area contributed by atoms with Crippen LogP contribution in [0.2, 0.25) is 0 Å². The van der Waals surface area contributed by atoms with Crippen molar-refractivity contribution in [2.75, 3.05) is 24.0 Å². The van der Waals surface area contributed by atoms with Crippen molar-refractivity contribution in [3.05, 3.63) is 42.0 Å². The third-order valence-corrected chi connectivity index (χ3v) is 4.90. The molecular formula is C19H15N3O6S. The average molecular weight is 413 g/mol. The van der Waals surface area contributed by atoms with Crippen LogP contribution in [0.15, 0.2) is 36.4 Å². The molecule has 4 rings (SSSR count). The van der Waals surface area contributed by atoms with Gasteiger partial charge >= 0.3 is 11.9 Å². The summed E-state index contributed by atoms with van der Waals surface area (Å²) in [5.41, 5.74) is 1.48. The first-order chi connectivity index (χ1) is 14.0. The summed E-state index contributed by atoms with van der Waals surface area (Å²) in [6.07, 6.45) is 0. The van der Waals surface area contributed by atoms with Crippen molar-refractivity contribution in [3.8, 4) is 11.5 Å². The van der Waals surface area contributed by atoms with Gasteiger partial charge in [0.2, 0.25) is 6.79 Å².